The SMILES string of the molecule is CC(C)Cc1cccc(NC(=O)c2ccccc2OCCOc2ccccc2)c1. The van der Waals surface area contributed by atoms with E-state index in [1.807, 2.05) is 60.7 Å². The van der Waals surface area contributed by atoms with Crippen LogP contribution in [0, 0.1) is 5.92 Å². The van der Waals surface area contributed by atoms with Crippen molar-refractivity contribution in [2.24, 2.45) is 5.92 Å². The van der Waals surface area contributed by atoms with Gasteiger partial charge in [-0.1, -0.05) is 56.3 Å². The standard InChI is InChI=1S/C25H27NO3/c1-19(2)17-20-9-8-10-21(18-20)26-25(27)23-13-6-7-14-24(23)29-16-15-28-22-11-4-3-5-12-22/h3-14,18-19H,15-17H2,1-2H3,(H,26,27). The maximum atomic E-state index is 12.8. The molecule has 0 saturated carbocycles. The third kappa shape index (κ3) is 6.39. The van der Waals surface area contributed by atoms with Gasteiger partial charge in [-0.25, -0.2) is 0 Å². The van der Waals surface area contributed by atoms with Crippen LogP contribution in [0.3, 0.4) is 0 Å². The van der Waals surface area contributed by atoms with E-state index in [0.717, 1.165) is 17.9 Å². The van der Waals surface area contributed by atoms with Crippen LogP contribution in [0.1, 0.15) is 29.8 Å². The second-order valence-electron chi connectivity index (χ2n) is 7.26. The number of carbonyl (C=O) groups is 1. The van der Waals surface area contributed by atoms with Crippen molar-refractivity contribution in [2.75, 3.05) is 18.5 Å². The zero-order chi connectivity index (χ0) is 20.5. The molecule has 3 rings (SSSR count). The molecule has 0 aliphatic carbocycles. The molecular formula is C25H27NO3. The van der Waals surface area contributed by atoms with E-state index in [0.29, 0.717) is 30.4 Å². The van der Waals surface area contributed by atoms with Gasteiger partial charge in [-0.15, -0.1) is 0 Å². The molecule has 0 radical (unpaired) electrons. The average Bonchev–Trinajstić information content (AvgIpc) is 2.72. The highest BCUT2D eigenvalue weighted by molar-refractivity contribution is 6.06. The lowest BCUT2D eigenvalue weighted by Gasteiger charge is -2.13. The van der Waals surface area contributed by atoms with Gasteiger partial charge in [0.25, 0.3) is 5.91 Å². The first-order chi connectivity index (χ1) is 14.1. The molecule has 1 N–H and O–H groups in total. The van der Waals surface area contributed by atoms with Crippen molar-refractivity contribution in [3.05, 3.63) is 90.0 Å². The molecule has 3 aromatic carbocycles. The Bertz CT molecular complexity index is 922. The van der Waals surface area contributed by atoms with Crippen molar-refractivity contribution >= 4 is 11.6 Å². The third-order valence-corrected chi connectivity index (χ3v) is 4.31. The molecule has 0 saturated heterocycles. The van der Waals surface area contributed by atoms with E-state index in [-0.39, 0.29) is 5.91 Å². The summed E-state index contributed by atoms with van der Waals surface area (Å²) in [6.07, 6.45) is 0.977. The molecule has 29 heavy (non-hydrogen) atoms. The van der Waals surface area contributed by atoms with Gasteiger partial charge in [-0.2, -0.15) is 0 Å². The zero-order valence-corrected chi connectivity index (χ0v) is 16.9. The van der Waals surface area contributed by atoms with Gasteiger partial charge in [0.15, 0.2) is 0 Å². The second-order valence-corrected chi connectivity index (χ2v) is 7.26. The molecular weight excluding hydrogens is 362 g/mol. The Morgan fingerprint density at radius 3 is 2.38 bits per heavy atom. The first-order valence-corrected chi connectivity index (χ1v) is 9.92. The van der Waals surface area contributed by atoms with E-state index < -0.39 is 0 Å². The van der Waals surface area contributed by atoms with Gasteiger partial charge in [0.2, 0.25) is 0 Å². The topological polar surface area (TPSA) is 47.6 Å². The number of benzene rings is 3. The third-order valence-electron chi connectivity index (χ3n) is 4.31. The lowest BCUT2D eigenvalue weighted by atomic mass is 10.0. The Labute approximate surface area is 172 Å². The number of ether oxygens (including phenoxy) is 2. The smallest absolute Gasteiger partial charge is 0.259 e. The Kier molecular flexibility index (Phi) is 7.28. The highest BCUT2D eigenvalue weighted by Gasteiger charge is 2.13. The minimum atomic E-state index is -0.189. The first-order valence-electron chi connectivity index (χ1n) is 9.92. The fourth-order valence-electron chi connectivity index (χ4n) is 3.05. The van der Waals surface area contributed by atoms with Gasteiger partial charge in [0, 0.05) is 5.69 Å². The van der Waals surface area contributed by atoms with Crippen molar-refractivity contribution in [1.82, 2.24) is 0 Å². The van der Waals surface area contributed by atoms with Crippen LogP contribution in [0.4, 0.5) is 5.69 Å². The van der Waals surface area contributed by atoms with Crippen LogP contribution >= 0.6 is 0 Å². The Balaban J connectivity index is 1.59. The van der Waals surface area contributed by atoms with Gasteiger partial charge < -0.3 is 14.8 Å². The molecule has 3 aromatic rings. The van der Waals surface area contributed by atoms with Crippen molar-refractivity contribution in [3.8, 4) is 11.5 Å². The number of para-hydroxylation sites is 2. The monoisotopic (exact) mass is 389 g/mol. The van der Waals surface area contributed by atoms with Crippen LogP contribution in [0.2, 0.25) is 0 Å². The summed E-state index contributed by atoms with van der Waals surface area (Å²) in [4.78, 5) is 12.8. The molecule has 0 unspecified atom stereocenters. The summed E-state index contributed by atoms with van der Waals surface area (Å²) in [6, 6.07) is 24.8. The van der Waals surface area contributed by atoms with Crippen LogP contribution in [-0.2, 0) is 6.42 Å². The van der Waals surface area contributed by atoms with E-state index in [1.165, 1.54) is 5.56 Å². The lowest BCUT2D eigenvalue weighted by Crippen LogP contribution is -2.15. The number of amides is 1. The van der Waals surface area contributed by atoms with Gasteiger partial charge in [0.1, 0.15) is 24.7 Å². The van der Waals surface area contributed by atoms with Crippen molar-refractivity contribution in [3.63, 3.8) is 0 Å². The molecule has 0 fully saturated rings. The summed E-state index contributed by atoms with van der Waals surface area (Å²) in [5.74, 6) is 1.71. The minimum absolute atomic E-state index is 0.189. The van der Waals surface area contributed by atoms with E-state index in [1.54, 1.807) is 12.1 Å². The Morgan fingerprint density at radius 1 is 0.862 bits per heavy atom. The summed E-state index contributed by atoms with van der Waals surface area (Å²) in [5, 5.41) is 2.98. The van der Waals surface area contributed by atoms with E-state index in [9.17, 15) is 4.79 Å². The summed E-state index contributed by atoms with van der Waals surface area (Å²) in [7, 11) is 0. The number of rotatable bonds is 9. The fraction of sp³-hybridized carbons (Fsp3) is 0.240. The Hall–Kier alpha value is -3.27. The maximum absolute atomic E-state index is 12.8. The molecule has 0 aliphatic rings. The number of carbonyl (C=O) groups excluding carboxylic acids is 1. The van der Waals surface area contributed by atoms with Gasteiger partial charge >= 0.3 is 0 Å². The number of hydrogen-bond acceptors (Lipinski definition) is 3. The lowest BCUT2D eigenvalue weighted by molar-refractivity contribution is 0.102. The van der Waals surface area contributed by atoms with Crippen LogP contribution in [0.15, 0.2) is 78.9 Å². The maximum Gasteiger partial charge on any atom is 0.259 e. The molecule has 0 heterocycles. The molecule has 4 heteroatoms. The summed E-state index contributed by atoms with van der Waals surface area (Å²) < 4.78 is 11.5. The number of anilines is 1. The quantitative estimate of drug-likeness (QED) is 0.485. The predicted octanol–water partition coefficient (Wildman–Crippen LogP) is 5.60. The van der Waals surface area contributed by atoms with Crippen molar-refractivity contribution < 1.29 is 14.3 Å². The van der Waals surface area contributed by atoms with E-state index in [4.69, 9.17) is 9.47 Å². The van der Waals surface area contributed by atoms with Crippen LogP contribution in [0.25, 0.3) is 0 Å². The van der Waals surface area contributed by atoms with Crippen LogP contribution in [0.5, 0.6) is 11.5 Å². The zero-order valence-electron chi connectivity index (χ0n) is 16.9. The fourth-order valence-corrected chi connectivity index (χ4v) is 3.05. The molecule has 1 amide bonds. The van der Waals surface area contributed by atoms with Gasteiger partial charge in [0.05, 0.1) is 5.56 Å². The van der Waals surface area contributed by atoms with E-state index >= 15 is 0 Å². The first kappa shape index (κ1) is 20.5. The highest BCUT2D eigenvalue weighted by atomic mass is 16.5. The molecule has 0 spiro atoms. The summed E-state index contributed by atoms with van der Waals surface area (Å²) in [5.41, 5.74) is 2.50. The second kappa shape index (κ2) is 10.3. The molecule has 0 bridgehead atoms. The van der Waals surface area contributed by atoms with Crippen molar-refractivity contribution in [2.45, 2.75) is 20.3 Å². The molecule has 4 nitrogen and oxygen atoms in total. The summed E-state index contributed by atoms with van der Waals surface area (Å²) >= 11 is 0. The minimum Gasteiger partial charge on any atom is -0.490 e. The Morgan fingerprint density at radius 2 is 1.59 bits per heavy atom. The molecule has 150 valence electrons. The number of nitrogens with one attached hydrogen (secondary N) is 1. The molecule has 0 aromatic heterocycles. The molecule has 0 aliphatic heterocycles. The normalized spacial score (nSPS) is 10.6. The summed E-state index contributed by atoms with van der Waals surface area (Å²) in [6.45, 7) is 5.11. The number of hydrogen-bond donors (Lipinski definition) is 1. The largest absolute Gasteiger partial charge is 0.490 e. The van der Waals surface area contributed by atoms with E-state index in [2.05, 4.69) is 25.2 Å². The van der Waals surface area contributed by atoms with Crippen LogP contribution in [-0.4, -0.2) is 19.1 Å². The predicted molar refractivity (Wildman–Crippen MR) is 117 cm³/mol. The van der Waals surface area contributed by atoms with Gasteiger partial charge in [-0.05, 0) is 54.3 Å². The van der Waals surface area contributed by atoms with Gasteiger partial charge in [-0.3, -0.25) is 4.79 Å². The molecule has 0 atom stereocenters. The van der Waals surface area contributed by atoms with Crippen molar-refractivity contribution in [1.29, 1.82) is 0 Å². The van der Waals surface area contributed by atoms with Crippen LogP contribution < -0.4 is 14.8 Å². The highest BCUT2D eigenvalue weighted by Crippen LogP contribution is 2.21. The average molecular weight is 389 g/mol.